The monoisotopic (exact) mass is 385 g/mol. The third-order valence-electron chi connectivity index (χ3n) is 3.84. The first-order valence-corrected chi connectivity index (χ1v) is 10.5. The Hall–Kier alpha value is -2.02. The number of hydrogen-bond donors (Lipinski definition) is 2. The van der Waals surface area contributed by atoms with Crippen LogP contribution < -0.4 is 10.6 Å². The Balaban J connectivity index is 1.73. The average molecular weight is 386 g/mol. The molecule has 0 fully saturated rings. The van der Waals surface area contributed by atoms with Gasteiger partial charge in [0.15, 0.2) is 0 Å². The van der Waals surface area contributed by atoms with Crippen molar-refractivity contribution >= 4 is 28.6 Å². The van der Waals surface area contributed by atoms with Gasteiger partial charge in [-0.3, -0.25) is 4.79 Å². The van der Waals surface area contributed by atoms with E-state index in [4.69, 9.17) is 4.98 Å². The van der Waals surface area contributed by atoms with E-state index in [1.165, 1.54) is 0 Å². The van der Waals surface area contributed by atoms with Crippen LogP contribution in [-0.4, -0.2) is 30.5 Å². The largest absolute Gasteiger partial charge is 0.355 e. The molecule has 6 heteroatoms. The van der Waals surface area contributed by atoms with Gasteiger partial charge in [0.25, 0.3) is 0 Å². The number of benzene rings is 1. The van der Waals surface area contributed by atoms with E-state index in [9.17, 15) is 4.79 Å². The van der Waals surface area contributed by atoms with Crippen LogP contribution in [0.4, 0.5) is 0 Å². The van der Waals surface area contributed by atoms with Gasteiger partial charge < -0.3 is 10.6 Å². The second-order valence-corrected chi connectivity index (χ2v) is 7.94. The van der Waals surface area contributed by atoms with E-state index >= 15 is 0 Å². The van der Waals surface area contributed by atoms with Crippen LogP contribution in [0.5, 0.6) is 0 Å². The topological polar surface area (TPSA) is 54.0 Å². The van der Waals surface area contributed by atoms with Crippen molar-refractivity contribution in [3.8, 4) is 21.1 Å². The second kappa shape index (κ2) is 9.62. The minimum absolute atomic E-state index is 0.0457. The van der Waals surface area contributed by atoms with E-state index in [0.717, 1.165) is 45.5 Å². The first-order valence-electron chi connectivity index (χ1n) is 8.84. The summed E-state index contributed by atoms with van der Waals surface area (Å²) in [6, 6.07) is 14.2. The fourth-order valence-corrected chi connectivity index (χ4v) is 4.47. The van der Waals surface area contributed by atoms with Crippen molar-refractivity contribution in [1.29, 1.82) is 0 Å². The summed E-state index contributed by atoms with van der Waals surface area (Å²) < 4.78 is 0. The second-order valence-electron chi connectivity index (χ2n) is 5.91. The molecule has 0 saturated carbocycles. The van der Waals surface area contributed by atoms with Crippen LogP contribution in [-0.2, 0) is 11.2 Å². The van der Waals surface area contributed by atoms with Crippen LogP contribution in [0.25, 0.3) is 21.1 Å². The SMILES string of the molecule is CCCNCCNC(=O)Cc1sc(-c2ccccc2)nc1-c1cccs1. The lowest BCUT2D eigenvalue weighted by Gasteiger charge is -2.06. The zero-order valence-electron chi connectivity index (χ0n) is 14.8. The molecule has 0 bridgehead atoms. The molecule has 0 aliphatic carbocycles. The van der Waals surface area contributed by atoms with Crippen molar-refractivity contribution in [1.82, 2.24) is 15.6 Å². The van der Waals surface area contributed by atoms with E-state index in [1.807, 2.05) is 29.6 Å². The van der Waals surface area contributed by atoms with Gasteiger partial charge in [-0.15, -0.1) is 22.7 Å². The highest BCUT2D eigenvalue weighted by molar-refractivity contribution is 7.17. The van der Waals surface area contributed by atoms with Gasteiger partial charge in [0, 0.05) is 23.5 Å². The molecule has 0 saturated heterocycles. The minimum Gasteiger partial charge on any atom is -0.355 e. The van der Waals surface area contributed by atoms with E-state index in [0.29, 0.717) is 13.0 Å². The first kappa shape index (κ1) is 18.8. The molecule has 3 rings (SSSR count). The van der Waals surface area contributed by atoms with Gasteiger partial charge in [0.05, 0.1) is 17.0 Å². The van der Waals surface area contributed by atoms with Crippen LogP contribution in [0, 0.1) is 0 Å². The van der Waals surface area contributed by atoms with Crippen molar-refractivity contribution in [3.63, 3.8) is 0 Å². The number of thiazole rings is 1. The number of nitrogens with one attached hydrogen (secondary N) is 2. The van der Waals surface area contributed by atoms with Crippen LogP contribution in [0.3, 0.4) is 0 Å². The van der Waals surface area contributed by atoms with E-state index in [-0.39, 0.29) is 5.91 Å². The van der Waals surface area contributed by atoms with Crippen LogP contribution in [0.1, 0.15) is 18.2 Å². The molecule has 3 aromatic rings. The summed E-state index contributed by atoms with van der Waals surface area (Å²) in [5, 5.41) is 9.28. The highest BCUT2D eigenvalue weighted by atomic mass is 32.1. The Bertz CT molecular complexity index is 813. The summed E-state index contributed by atoms with van der Waals surface area (Å²) >= 11 is 3.26. The fraction of sp³-hybridized carbons (Fsp3) is 0.300. The summed E-state index contributed by atoms with van der Waals surface area (Å²) in [7, 11) is 0. The molecule has 4 nitrogen and oxygen atoms in total. The molecule has 26 heavy (non-hydrogen) atoms. The number of carbonyl (C=O) groups excluding carboxylic acids is 1. The third kappa shape index (κ3) is 5.00. The fourth-order valence-electron chi connectivity index (χ4n) is 2.58. The summed E-state index contributed by atoms with van der Waals surface area (Å²) in [5.41, 5.74) is 2.02. The molecule has 0 aliphatic rings. The van der Waals surface area contributed by atoms with Crippen molar-refractivity contribution in [2.45, 2.75) is 19.8 Å². The molecular formula is C20H23N3OS2. The molecule has 1 amide bonds. The molecule has 0 radical (unpaired) electrons. The highest BCUT2D eigenvalue weighted by Crippen LogP contribution is 2.36. The van der Waals surface area contributed by atoms with Crippen LogP contribution in [0.2, 0.25) is 0 Å². The van der Waals surface area contributed by atoms with Gasteiger partial charge in [0.1, 0.15) is 5.01 Å². The molecule has 0 aliphatic heterocycles. The molecule has 2 aromatic heterocycles. The quantitative estimate of drug-likeness (QED) is 0.543. The summed E-state index contributed by atoms with van der Waals surface area (Å²) in [6.07, 6.45) is 1.47. The van der Waals surface area contributed by atoms with Gasteiger partial charge >= 0.3 is 0 Å². The number of amides is 1. The van der Waals surface area contributed by atoms with Crippen molar-refractivity contribution in [2.24, 2.45) is 0 Å². The van der Waals surface area contributed by atoms with Crippen LogP contribution >= 0.6 is 22.7 Å². The zero-order valence-corrected chi connectivity index (χ0v) is 16.5. The van der Waals surface area contributed by atoms with E-state index < -0.39 is 0 Å². The molecular weight excluding hydrogens is 362 g/mol. The van der Waals surface area contributed by atoms with Crippen molar-refractivity contribution in [3.05, 3.63) is 52.7 Å². The average Bonchev–Trinajstić information content (AvgIpc) is 3.32. The number of aromatic nitrogens is 1. The molecule has 0 atom stereocenters. The first-order chi connectivity index (χ1) is 12.8. The summed E-state index contributed by atoms with van der Waals surface area (Å²) in [4.78, 5) is 19.3. The molecule has 0 unspecified atom stereocenters. The van der Waals surface area contributed by atoms with Crippen molar-refractivity contribution < 1.29 is 4.79 Å². The molecule has 2 N–H and O–H groups in total. The van der Waals surface area contributed by atoms with Gasteiger partial charge in [-0.05, 0) is 24.4 Å². The lowest BCUT2D eigenvalue weighted by atomic mass is 10.2. The number of nitrogens with zero attached hydrogens (tertiary/aromatic N) is 1. The summed E-state index contributed by atoms with van der Waals surface area (Å²) in [5.74, 6) is 0.0457. The lowest BCUT2D eigenvalue weighted by Crippen LogP contribution is -2.32. The van der Waals surface area contributed by atoms with Gasteiger partial charge in [-0.25, -0.2) is 4.98 Å². The highest BCUT2D eigenvalue weighted by Gasteiger charge is 2.17. The predicted molar refractivity (Wildman–Crippen MR) is 111 cm³/mol. The minimum atomic E-state index is 0.0457. The number of thiophene rings is 1. The Kier molecular flexibility index (Phi) is 6.94. The van der Waals surface area contributed by atoms with Crippen LogP contribution in [0.15, 0.2) is 47.8 Å². The molecule has 0 spiro atoms. The van der Waals surface area contributed by atoms with Gasteiger partial charge in [-0.2, -0.15) is 0 Å². The Morgan fingerprint density at radius 1 is 1.08 bits per heavy atom. The van der Waals surface area contributed by atoms with E-state index in [1.54, 1.807) is 22.7 Å². The normalized spacial score (nSPS) is 10.8. The maximum Gasteiger partial charge on any atom is 0.225 e. The number of rotatable bonds is 9. The molecule has 1 aromatic carbocycles. The van der Waals surface area contributed by atoms with E-state index in [2.05, 4.69) is 35.8 Å². The number of hydrogen-bond acceptors (Lipinski definition) is 5. The maximum atomic E-state index is 12.4. The Labute approximate surface area is 162 Å². The standard InChI is InChI=1S/C20H23N3OS2/c1-2-10-21-11-12-22-18(24)14-17-19(16-9-6-13-25-16)23-20(26-17)15-7-4-3-5-8-15/h3-9,13,21H,2,10-12,14H2,1H3,(H,22,24). The third-order valence-corrected chi connectivity index (χ3v) is 5.83. The Morgan fingerprint density at radius 3 is 2.65 bits per heavy atom. The smallest absolute Gasteiger partial charge is 0.225 e. The Morgan fingerprint density at radius 2 is 1.92 bits per heavy atom. The molecule has 2 heterocycles. The predicted octanol–water partition coefficient (Wildman–Crippen LogP) is 4.20. The van der Waals surface area contributed by atoms with Crippen molar-refractivity contribution in [2.75, 3.05) is 19.6 Å². The van der Waals surface area contributed by atoms with Gasteiger partial charge in [-0.1, -0.05) is 43.3 Å². The molecule has 136 valence electrons. The lowest BCUT2D eigenvalue weighted by molar-refractivity contribution is -0.120. The maximum absolute atomic E-state index is 12.4. The zero-order chi connectivity index (χ0) is 18.2. The summed E-state index contributed by atoms with van der Waals surface area (Å²) in [6.45, 7) is 4.56. The number of carbonyl (C=O) groups is 1. The van der Waals surface area contributed by atoms with Gasteiger partial charge in [0.2, 0.25) is 5.91 Å².